The zero-order valence-electron chi connectivity index (χ0n) is 11.6. The third kappa shape index (κ3) is 5.25. The SMILES string of the molecule is COc1cc(NCCCCCC(=O)O)c([N+](=O)[O-])cc1F. The molecule has 0 saturated carbocycles. The van der Waals surface area contributed by atoms with Crippen LogP contribution < -0.4 is 10.1 Å². The van der Waals surface area contributed by atoms with Gasteiger partial charge in [-0.1, -0.05) is 6.42 Å². The van der Waals surface area contributed by atoms with Crippen LogP contribution in [0.25, 0.3) is 0 Å². The highest BCUT2D eigenvalue weighted by Crippen LogP contribution is 2.31. The largest absolute Gasteiger partial charge is 0.494 e. The first-order valence-electron chi connectivity index (χ1n) is 6.43. The Morgan fingerprint density at radius 3 is 2.71 bits per heavy atom. The fourth-order valence-corrected chi connectivity index (χ4v) is 1.79. The number of hydrogen-bond acceptors (Lipinski definition) is 5. The molecule has 0 heterocycles. The van der Waals surface area contributed by atoms with E-state index in [9.17, 15) is 19.3 Å². The molecule has 0 aliphatic carbocycles. The number of nitro benzene ring substituents is 1. The van der Waals surface area contributed by atoms with E-state index in [1.165, 1.54) is 13.2 Å². The predicted octanol–water partition coefficient (Wildman–Crippen LogP) is 2.80. The Bertz CT molecular complexity index is 522. The van der Waals surface area contributed by atoms with Gasteiger partial charge in [0.2, 0.25) is 0 Å². The molecule has 1 rings (SSSR count). The van der Waals surface area contributed by atoms with Gasteiger partial charge in [0, 0.05) is 19.0 Å². The third-order valence-corrected chi connectivity index (χ3v) is 2.85. The van der Waals surface area contributed by atoms with Crippen LogP contribution in [0.5, 0.6) is 5.75 Å². The number of nitrogens with one attached hydrogen (secondary N) is 1. The third-order valence-electron chi connectivity index (χ3n) is 2.85. The van der Waals surface area contributed by atoms with Gasteiger partial charge < -0.3 is 15.2 Å². The number of rotatable bonds is 9. The molecule has 1 aromatic rings. The van der Waals surface area contributed by atoms with Crippen molar-refractivity contribution in [2.45, 2.75) is 25.7 Å². The number of halogens is 1. The summed E-state index contributed by atoms with van der Waals surface area (Å²) in [5.41, 5.74) is -0.185. The number of hydrogen-bond donors (Lipinski definition) is 2. The van der Waals surface area contributed by atoms with Gasteiger partial charge in [-0.2, -0.15) is 0 Å². The lowest BCUT2D eigenvalue weighted by Crippen LogP contribution is -2.06. The van der Waals surface area contributed by atoms with Crippen LogP contribution in [0.3, 0.4) is 0 Å². The van der Waals surface area contributed by atoms with Crippen LogP contribution in [0.4, 0.5) is 15.8 Å². The average molecular weight is 300 g/mol. The molecule has 116 valence electrons. The highest BCUT2D eigenvalue weighted by Gasteiger charge is 2.18. The van der Waals surface area contributed by atoms with Crippen LogP contribution in [0.2, 0.25) is 0 Å². The maximum absolute atomic E-state index is 13.4. The van der Waals surface area contributed by atoms with Gasteiger partial charge >= 0.3 is 5.97 Å². The van der Waals surface area contributed by atoms with Gasteiger partial charge in [0.15, 0.2) is 11.6 Å². The Morgan fingerprint density at radius 1 is 1.43 bits per heavy atom. The maximum Gasteiger partial charge on any atom is 0.303 e. The number of aliphatic carboxylic acids is 1. The van der Waals surface area contributed by atoms with E-state index in [0.717, 1.165) is 6.07 Å². The number of anilines is 1. The van der Waals surface area contributed by atoms with Gasteiger partial charge in [0.05, 0.1) is 18.1 Å². The molecule has 2 N–H and O–H groups in total. The molecule has 0 aliphatic heterocycles. The van der Waals surface area contributed by atoms with Crippen molar-refractivity contribution in [3.05, 3.63) is 28.1 Å². The Kier molecular flexibility index (Phi) is 6.38. The second-order valence-electron chi connectivity index (χ2n) is 4.39. The highest BCUT2D eigenvalue weighted by molar-refractivity contribution is 5.66. The summed E-state index contributed by atoms with van der Waals surface area (Å²) < 4.78 is 18.2. The van der Waals surface area contributed by atoms with Crippen LogP contribution in [-0.2, 0) is 4.79 Å². The van der Waals surface area contributed by atoms with Gasteiger partial charge in [-0.3, -0.25) is 14.9 Å². The fraction of sp³-hybridized carbons (Fsp3) is 0.462. The summed E-state index contributed by atoms with van der Waals surface area (Å²) in [4.78, 5) is 20.5. The summed E-state index contributed by atoms with van der Waals surface area (Å²) in [6.07, 6.45) is 1.99. The van der Waals surface area contributed by atoms with Gasteiger partial charge in [-0.15, -0.1) is 0 Å². The van der Waals surface area contributed by atoms with Crippen molar-refractivity contribution in [3.63, 3.8) is 0 Å². The molecule has 0 saturated heterocycles. The van der Waals surface area contributed by atoms with Crippen LogP contribution in [0, 0.1) is 15.9 Å². The fourth-order valence-electron chi connectivity index (χ4n) is 1.79. The zero-order chi connectivity index (χ0) is 15.8. The number of methoxy groups -OCH3 is 1. The van der Waals surface area contributed by atoms with E-state index in [2.05, 4.69) is 5.32 Å². The second-order valence-corrected chi connectivity index (χ2v) is 4.39. The van der Waals surface area contributed by atoms with Gasteiger partial charge in [0.25, 0.3) is 5.69 Å². The van der Waals surface area contributed by atoms with E-state index in [-0.39, 0.29) is 23.5 Å². The van der Waals surface area contributed by atoms with Crippen LogP contribution >= 0.6 is 0 Å². The van der Waals surface area contributed by atoms with Crippen molar-refractivity contribution in [1.82, 2.24) is 0 Å². The van der Waals surface area contributed by atoms with Crippen molar-refractivity contribution in [3.8, 4) is 5.75 Å². The maximum atomic E-state index is 13.4. The first-order chi connectivity index (χ1) is 9.95. The molecule has 0 unspecified atom stereocenters. The molecule has 0 bridgehead atoms. The summed E-state index contributed by atoms with van der Waals surface area (Å²) in [6, 6.07) is 2.05. The average Bonchev–Trinajstić information content (AvgIpc) is 2.43. The lowest BCUT2D eigenvalue weighted by atomic mass is 10.2. The number of nitro groups is 1. The quantitative estimate of drug-likeness (QED) is 0.413. The minimum absolute atomic E-state index is 0.0750. The Labute approximate surface area is 120 Å². The molecule has 0 aliphatic rings. The standard InChI is InChI=1S/C13H17FN2O5/c1-21-12-8-10(11(16(19)20)7-9(12)14)15-6-4-2-3-5-13(17)18/h7-8,15H,2-6H2,1H3,(H,17,18). The van der Waals surface area contributed by atoms with Crippen LogP contribution in [0.1, 0.15) is 25.7 Å². The monoisotopic (exact) mass is 300 g/mol. The smallest absolute Gasteiger partial charge is 0.303 e. The summed E-state index contributed by atoms with van der Waals surface area (Å²) in [5.74, 6) is -1.72. The summed E-state index contributed by atoms with van der Waals surface area (Å²) in [5, 5.41) is 22.2. The van der Waals surface area contributed by atoms with E-state index < -0.39 is 16.7 Å². The first kappa shape index (κ1) is 16.7. The molecule has 0 radical (unpaired) electrons. The first-order valence-corrected chi connectivity index (χ1v) is 6.43. The van der Waals surface area contributed by atoms with Crippen molar-refractivity contribution >= 4 is 17.3 Å². The van der Waals surface area contributed by atoms with E-state index >= 15 is 0 Å². The number of unbranched alkanes of at least 4 members (excludes halogenated alkanes) is 2. The minimum atomic E-state index is -0.845. The van der Waals surface area contributed by atoms with Crippen LogP contribution in [0.15, 0.2) is 12.1 Å². The van der Waals surface area contributed by atoms with Crippen molar-refractivity contribution in [2.75, 3.05) is 19.0 Å². The summed E-state index contributed by atoms with van der Waals surface area (Å²) >= 11 is 0. The predicted molar refractivity (Wildman–Crippen MR) is 74.2 cm³/mol. The normalized spacial score (nSPS) is 10.2. The van der Waals surface area contributed by atoms with E-state index in [4.69, 9.17) is 9.84 Å². The minimum Gasteiger partial charge on any atom is -0.494 e. The second kappa shape index (κ2) is 8.03. The lowest BCUT2D eigenvalue weighted by molar-refractivity contribution is -0.384. The number of carboxylic acid groups (broad SMARTS) is 1. The Hall–Kier alpha value is -2.38. The summed E-state index contributed by atoms with van der Waals surface area (Å²) in [6.45, 7) is 0.426. The number of carbonyl (C=O) groups is 1. The zero-order valence-corrected chi connectivity index (χ0v) is 11.6. The van der Waals surface area contributed by atoms with Gasteiger partial charge in [0.1, 0.15) is 5.69 Å². The van der Waals surface area contributed by atoms with Gasteiger partial charge in [-0.25, -0.2) is 4.39 Å². The lowest BCUT2D eigenvalue weighted by Gasteiger charge is -2.09. The van der Waals surface area contributed by atoms with Crippen molar-refractivity contribution in [2.24, 2.45) is 0 Å². The Morgan fingerprint density at radius 2 is 2.14 bits per heavy atom. The molecule has 0 fully saturated rings. The molecule has 0 aromatic heterocycles. The van der Waals surface area contributed by atoms with E-state index in [1.54, 1.807) is 0 Å². The summed E-state index contributed by atoms with van der Waals surface area (Å²) in [7, 11) is 1.28. The topological polar surface area (TPSA) is 102 Å². The number of carboxylic acids is 1. The molecule has 0 amide bonds. The van der Waals surface area contributed by atoms with Gasteiger partial charge in [-0.05, 0) is 12.8 Å². The molecule has 21 heavy (non-hydrogen) atoms. The molecular formula is C13H17FN2O5. The Balaban J connectivity index is 2.60. The molecule has 8 heteroatoms. The van der Waals surface area contributed by atoms with Crippen LogP contribution in [-0.4, -0.2) is 29.7 Å². The van der Waals surface area contributed by atoms with E-state index in [1.807, 2.05) is 0 Å². The molecule has 7 nitrogen and oxygen atoms in total. The molecule has 1 aromatic carbocycles. The van der Waals surface area contributed by atoms with Crippen molar-refractivity contribution < 1.29 is 24.0 Å². The molecule has 0 spiro atoms. The number of nitrogens with zero attached hydrogens (tertiary/aromatic N) is 1. The molecular weight excluding hydrogens is 283 g/mol. The number of ether oxygens (including phenoxy) is 1. The van der Waals surface area contributed by atoms with Crippen molar-refractivity contribution in [1.29, 1.82) is 0 Å². The molecule has 0 atom stereocenters. The number of benzene rings is 1. The highest BCUT2D eigenvalue weighted by atomic mass is 19.1. The van der Waals surface area contributed by atoms with E-state index in [0.29, 0.717) is 25.8 Å².